The summed E-state index contributed by atoms with van der Waals surface area (Å²) in [7, 11) is 0. The van der Waals surface area contributed by atoms with Crippen molar-refractivity contribution >= 4 is 23.5 Å². The molecule has 96 valence electrons. The number of nitrogens with zero attached hydrogens (tertiary/aromatic N) is 2. The molecule has 1 aliphatic rings. The van der Waals surface area contributed by atoms with Gasteiger partial charge in [-0.1, -0.05) is 19.0 Å². The number of aromatic nitrogens is 2. The van der Waals surface area contributed by atoms with Crippen LogP contribution in [-0.4, -0.2) is 38.1 Å². The Kier molecular flexibility index (Phi) is 4.76. The van der Waals surface area contributed by atoms with Crippen molar-refractivity contribution in [3.63, 3.8) is 0 Å². The van der Waals surface area contributed by atoms with Crippen LogP contribution in [0.5, 0.6) is 0 Å². The Morgan fingerprint density at radius 1 is 1.59 bits per heavy atom. The molecule has 1 saturated heterocycles. The minimum Gasteiger partial charge on any atom is -0.391 e. The van der Waals surface area contributed by atoms with Gasteiger partial charge in [0.05, 0.1) is 17.8 Å². The lowest BCUT2D eigenvalue weighted by Gasteiger charge is -2.06. The lowest BCUT2D eigenvalue weighted by Crippen LogP contribution is -2.15. The maximum Gasteiger partial charge on any atom is 0.233 e. The molecule has 17 heavy (non-hydrogen) atoms. The smallest absolute Gasteiger partial charge is 0.233 e. The van der Waals surface area contributed by atoms with E-state index in [1.165, 1.54) is 0 Å². The summed E-state index contributed by atoms with van der Waals surface area (Å²) in [6.45, 7) is 4.37. The first-order chi connectivity index (χ1) is 8.20. The molecule has 0 amide bonds. The van der Waals surface area contributed by atoms with Crippen LogP contribution in [0.4, 0.5) is 0 Å². The molecule has 1 aromatic rings. The van der Waals surface area contributed by atoms with Gasteiger partial charge in [-0.3, -0.25) is 0 Å². The van der Waals surface area contributed by atoms with Crippen molar-refractivity contribution in [1.82, 2.24) is 10.1 Å². The minimum absolute atomic E-state index is 0.0230. The van der Waals surface area contributed by atoms with E-state index in [1.807, 2.05) is 11.8 Å². The Hall–Kier alpha value is -0.200. The van der Waals surface area contributed by atoms with Gasteiger partial charge in [0, 0.05) is 16.8 Å². The number of thioether (sulfide) groups is 2. The Labute approximate surface area is 110 Å². The number of aliphatic hydroxyl groups is 1. The van der Waals surface area contributed by atoms with Gasteiger partial charge in [-0.2, -0.15) is 28.5 Å². The summed E-state index contributed by atoms with van der Waals surface area (Å²) in [4.78, 5) is 4.38. The van der Waals surface area contributed by atoms with Crippen molar-refractivity contribution in [2.75, 3.05) is 11.5 Å². The molecule has 1 fully saturated rings. The topological polar surface area (TPSA) is 59.2 Å². The van der Waals surface area contributed by atoms with Crippen LogP contribution >= 0.6 is 23.5 Å². The highest BCUT2D eigenvalue weighted by Gasteiger charge is 2.31. The summed E-state index contributed by atoms with van der Waals surface area (Å²) in [6, 6.07) is 0. The number of rotatable bonds is 5. The zero-order valence-electron chi connectivity index (χ0n) is 10.1. The quantitative estimate of drug-likeness (QED) is 0.889. The van der Waals surface area contributed by atoms with Gasteiger partial charge in [0.25, 0.3) is 0 Å². The lowest BCUT2D eigenvalue weighted by molar-refractivity contribution is 0.164. The van der Waals surface area contributed by atoms with Crippen molar-refractivity contribution in [3.8, 4) is 0 Å². The first-order valence-corrected chi connectivity index (χ1v) is 8.11. The summed E-state index contributed by atoms with van der Waals surface area (Å²) in [5.74, 6) is 3.80. The summed E-state index contributed by atoms with van der Waals surface area (Å²) < 4.78 is 5.24. The van der Waals surface area contributed by atoms with Crippen LogP contribution in [0.2, 0.25) is 0 Å². The van der Waals surface area contributed by atoms with E-state index in [-0.39, 0.29) is 12.0 Å². The lowest BCUT2D eigenvalue weighted by atomic mass is 10.1. The first-order valence-electron chi connectivity index (χ1n) is 5.90. The third kappa shape index (κ3) is 3.39. The van der Waals surface area contributed by atoms with Crippen LogP contribution in [0.15, 0.2) is 4.52 Å². The molecule has 2 rings (SSSR count). The molecule has 0 bridgehead atoms. The Bertz CT molecular complexity index is 359. The van der Waals surface area contributed by atoms with Crippen molar-refractivity contribution in [2.24, 2.45) is 0 Å². The largest absolute Gasteiger partial charge is 0.391 e. The SMILES string of the molecule is CCC(C)SCc1noc(C2CSCC2O)n1. The van der Waals surface area contributed by atoms with Crippen molar-refractivity contribution in [1.29, 1.82) is 0 Å². The maximum absolute atomic E-state index is 9.75. The molecule has 0 spiro atoms. The summed E-state index contributed by atoms with van der Waals surface area (Å²) in [5, 5.41) is 14.3. The fourth-order valence-electron chi connectivity index (χ4n) is 1.59. The highest BCUT2D eigenvalue weighted by atomic mass is 32.2. The molecular formula is C11H18N2O2S2. The first kappa shape index (κ1) is 13.2. The summed E-state index contributed by atoms with van der Waals surface area (Å²) in [5.41, 5.74) is 0. The molecule has 0 saturated carbocycles. The van der Waals surface area contributed by atoms with Crippen LogP contribution in [0, 0.1) is 0 Å². The Morgan fingerprint density at radius 3 is 3.06 bits per heavy atom. The van der Waals surface area contributed by atoms with E-state index in [2.05, 4.69) is 24.0 Å². The van der Waals surface area contributed by atoms with Gasteiger partial charge in [-0.25, -0.2) is 0 Å². The third-order valence-corrected chi connectivity index (χ3v) is 5.42. The van der Waals surface area contributed by atoms with E-state index >= 15 is 0 Å². The van der Waals surface area contributed by atoms with Crippen LogP contribution in [0.25, 0.3) is 0 Å². The predicted molar refractivity (Wildman–Crippen MR) is 71.4 cm³/mol. The molecule has 1 aromatic heterocycles. The van der Waals surface area contributed by atoms with Crippen LogP contribution < -0.4 is 0 Å². The van der Waals surface area contributed by atoms with Gasteiger partial charge in [-0.05, 0) is 6.42 Å². The second-order valence-electron chi connectivity index (χ2n) is 4.29. The zero-order chi connectivity index (χ0) is 12.3. The summed E-state index contributed by atoms with van der Waals surface area (Å²) in [6.07, 6.45) is 0.809. The minimum atomic E-state index is -0.337. The molecule has 3 atom stereocenters. The van der Waals surface area contributed by atoms with Gasteiger partial charge in [-0.15, -0.1) is 0 Å². The van der Waals surface area contributed by atoms with E-state index < -0.39 is 0 Å². The van der Waals surface area contributed by atoms with Crippen LogP contribution in [0.1, 0.15) is 37.9 Å². The molecule has 6 heteroatoms. The van der Waals surface area contributed by atoms with Crippen molar-refractivity contribution in [2.45, 2.75) is 43.3 Å². The third-order valence-electron chi connectivity index (χ3n) is 2.92. The molecule has 0 aliphatic carbocycles. The van der Waals surface area contributed by atoms with Crippen molar-refractivity contribution in [3.05, 3.63) is 11.7 Å². The Balaban J connectivity index is 1.91. The van der Waals surface area contributed by atoms with Crippen LogP contribution in [0.3, 0.4) is 0 Å². The second kappa shape index (κ2) is 6.11. The van der Waals surface area contributed by atoms with Gasteiger partial charge < -0.3 is 9.63 Å². The van der Waals surface area contributed by atoms with E-state index in [4.69, 9.17) is 4.52 Å². The van der Waals surface area contributed by atoms with Gasteiger partial charge in [0.1, 0.15) is 0 Å². The predicted octanol–water partition coefficient (Wildman–Crippen LogP) is 2.29. The van der Waals surface area contributed by atoms with E-state index in [1.54, 1.807) is 11.8 Å². The standard InChI is InChI=1S/C11H18N2O2S2/c1-3-7(2)17-6-10-12-11(15-13-10)8-4-16-5-9(8)14/h7-9,14H,3-6H2,1-2H3. The Morgan fingerprint density at radius 2 is 2.41 bits per heavy atom. The van der Waals surface area contributed by atoms with E-state index in [9.17, 15) is 5.11 Å². The number of hydrogen-bond donors (Lipinski definition) is 1. The molecule has 1 aliphatic heterocycles. The zero-order valence-corrected chi connectivity index (χ0v) is 11.8. The maximum atomic E-state index is 9.75. The van der Waals surface area contributed by atoms with Crippen molar-refractivity contribution < 1.29 is 9.63 Å². The summed E-state index contributed by atoms with van der Waals surface area (Å²) >= 11 is 3.57. The molecule has 3 unspecified atom stereocenters. The van der Waals surface area contributed by atoms with Gasteiger partial charge in [0.15, 0.2) is 5.82 Å². The fourth-order valence-corrected chi connectivity index (χ4v) is 3.61. The average Bonchev–Trinajstić information content (AvgIpc) is 2.94. The van der Waals surface area contributed by atoms with E-state index in [0.29, 0.717) is 11.1 Å². The van der Waals surface area contributed by atoms with Gasteiger partial charge in [0.2, 0.25) is 5.89 Å². The monoisotopic (exact) mass is 274 g/mol. The van der Waals surface area contributed by atoms with E-state index in [0.717, 1.165) is 29.5 Å². The number of aliphatic hydroxyl groups excluding tert-OH is 1. The molecule has 0 aromatic carbocycles. The average molecular weight is 274 g/mol. The van der Waals surface area contributed by atoms with Crippen LogP contribution in [-0.2, 0) is 5.75 Å². The molecule has 1 N–H and O–H groups in total. The number of hydrogen-bond acceptors (Lipinski definition) is 6. The fraction of sp³-hybridized carbons (Fsp3) is 0.818. The molecule has 0 radical (unpaired) electrons. The molecule has 4 nitrogen and oxygen atoms in total. The highest BCUT2D eigenvalue weighted by molar-refractivity contribution is 7.99. The van der Waals surface area contributed by atoms with Gasteiger partial charge >= 0.3 is 0 Å². The normalized spacial score (nSPS) is 26.3. The molecule has 2 heterocycles. The molecular weight excluding hydrogens is 256 g/mol. The highest BCUT2D eigenvalue weighted by Crippen LogP contribution is 2.32. The second-order valence-corrected chi connectivity index (χ2v) is 6.79.